The highest BCUT2D eigenvalue weighted by Crippen LogP contribution is 2.28. The SMILES string of the molecule is CNC(=O)CCNc1cc(OC)ccc1[N+](=O)[O-]. The van der Waals surface area contributed by atoms with E-state index in [4.69, 9.17) is 4.74 Å². The Bertz CT molecular complexity index is 448. The number of benzene rings is 1. The molecule has 0 aliphatic rings. The molecule has 0 spiro atoms. The Morgan fingerprint density at radius 3 is 2.78 bits per heavy atom. The number of nitrogens with zero attached hydrogens (tertiary/aromatic N) is 1. The third-order valence-electron chi connectivity index (χ3n) is 2.35. The number of nitrogens with one attached hydrogen (secondary N) is 2. The van der Waals surface area contributed by atoms with Gasteiger partial charge in [0.15, 0.2) is 0 Å². The number of hydrogen-bond donors (Lipinski definition) is 2. The summed E-state index contributed by atoms with van der Waals surface area (Å²) in [7, 11) is 3.02. The van der Waals surface area contributed by atoms with Gasteiger partial charge in [-0.15, -0.1) is 0 Å². The van der Waals surface area contributed by atoms with Gasteiger partial charge in [-0.1, -0.05) is 0 Å². The van der Waals surface area contributed by atoms with E-state index in [9.17, 15) is 14.9 Å². The van der Waals surface area contributed by atoms with Crippen molar-refractivity contribution in [3.05, 3.63) is 28.3 Å². The van der Waals surface area contributed by atoms with Crippen LogP contribution in [-0.4, -0.2) is 31.5 Å². The Hall–Kier alpha value is -2.31. The molecule has 0 atom stereocenters. The monoisotopic (exact) mass is 253 g/mol. The quantitative estimate of drug-likeness (QED) is 0.586. The lowest BCUT2D eigenvalue weighted by Crippen LogP contribution is -2.21. The Morgan fingerprint density at radius 1 is 1.50 bits per heavy atom. The van der Waals surface area contributed by atoms with Crippen LogP contribution in [0.3, 0.4) is 0 Å². The number of carbonyl (C=O) groups is 1. The molecule has 2 N–H and O–H groups in total. The van der Waals surface area contributed by atoms with E-state index < -0.39 is 4.92 Å². The zero-order valence-corrected chi connectivity index (χ0v) is 10.2. The van der Waals surface area contributed by atoms with E-state index in [0.29, 0.717) is 18.0 Å². The van der Waals surface area contributed by atoms with Crippen LogP contribution >= 0.6 is 0 Å². The van der Waals surface area contributed by atoms with Crippen LogP contribution in [0.2, 0.25) is 0 Å². The predicted octanol–water partition coefficient (Wildman–Crippen LogP) is 1.15. The molecule has 0 saturated heterocycles. The molecule has 18 heavy (non-hydrogen) atoms. The van der Waals surface area contributed by atoms with Crippen LogP contribution in [-0.2, 0) is 4.79 Å². The van der Waals surface area contributed by atoms with Crippen molar-refractivity contribution in [2.45, 2.75) is 6.42 Å². The summed E-state index contributed by atoms with van der Waals surface area (Å²) in [6, 6.07) is 4.41. The molecule has 0 fully saturated rings. The number of rotatable bonds is 6. The van der Waals surface area contributed by atoms with E-state index in [1.807, 2.05) is 0 Å². The fourth-order valence-corrected chi connectivity index (χ4v) is 1.38. The number of ether oxygens (including phenoxy) is 1. The first-order valence-corrected chi connectivity index (χ1v) is 5.35. The third kappa shape index (κ3) is 3.62. The molecule has 0 radical (unpaired) electrons. The zero-order valence-electron chi connectivity index (χ0n) is 10.2. The topological polar surface area (TPSA) is 93.5 Å². The molecule has 1 rings (SSSR count). The molecule has 98 valence electrons. The van der Waals surface area contributed by atoms with Gasteiger partial charge in [0.05, 0.1) is 12.0 Å². The first-order valence-electron chi connectivity index (χ1n) is 5.35. The normalized spacial score (nSPS) is 9.67. The predicted molar refractivity (Wildman–Crippen MR) is 66.8 cm³/mol. The van der Waals surface area contributed by atoms with Gasteiger partial charge < -0.3 is 15.4 Å². The minimum Gasteiger partial charge on any atom is -0.497 e. The Kier molecular flexibility index (Phi) is 4.91. The molecule has 0 aliphatic carbocycles. The Labute approximate surface area is 104 Å². The van der Waals surface area contributed by atoms with Crippen molar-refractivity contribution >= 4 is 17.3 Å². The van der Waals surface area contributed by atoms with E-state index >= 15 is 0 Å². The number of nitro benzene ring substituents is 1. The Balaban J connectivity index is 2.78. The van der Waals surface area contributed by atoms with Crippen molar-refractivity contribution in [1.29, 1.82) is 0 Å². The van der Waals surface area contributed by atoms with Crippen molar-refractivity contribution in [2.24, 2.45) is 0 Å². The average molecular weight is 253 g/mol. The summed E-state index contributed by atoms with van der Waals surface area (Å²) >= 11 is 0. The summed E-state index contributed by atoms with van der Waals surface area (Å²) in [5.41, 5.74) is 0.288. The fourth-order valence-electron chi connectivity index (χ4n) is 1.38. The molecular formula is C11H15N3O4. The maximum Gasteiger partial charge on any atom is 0.292 e. The number of hydrogen-bond acceptors (Lipinski definition) is 5. The van der Waals surface area contributed by atoms with Crippen LogP contribution in [0.4, 0.5) is 11.4 Å². The van der Waals surface area contributed by atoms with Gasteiger partial charge in [-0.05, 0) is 6.07 Å². The van der Waals surface area contributed by atoms with E-state index in [1.54, 1.807) is 0 Å². The summed E-state index contributed by atoms with van der Waals surface area (Å²) in [6.07, 6.45) is 0.241. The molecule has 1 aromatic carbocycles. The van der Waals surface area contributed by atoms with E-state index in [1.165, 1.54) is 32.4 Å². The molecule has 0 aromatic heterocycles. The van der Waals surface area contributed by atoms with Gasteiger partial charge >= 0.3 is 0 Å². The maximum absolute atomic E-state index is 11.0. The van der Waals surface area contributed by atoms with Crippen molar-refractivity contribution in [3.63, 3.8) is 0 Å². The average Bonchev–Trinajstić information content (AvgIpc) is 2.37. The molecule has 0 unspecified atom stereocenters. The maximum atomic E-state index is 11.0. The summed E-state index contributed by atoms with van der Waals surface area (Å²) in [5.74, 6) is 0.385. The van der Waals surface area contributed by atoms with Crippen molar-refractivity contribution in [3.8, 4) is 5.75 Å². The van der Waals surface area contributed by atoms with Crippen LogP contribution in [0.25, 0.3) is 0 Å². The van der Waals surface area contributed by atoms with Gasteiger partial charge in [-0.25, -0.2) is 0 Å². The van der Waals surface area contributed by atoms with Crippen LogP contribution < -0.4 is 15.4 Å². The third-order valence-corrected chi connectivity index (χ3v) is 2.35. The molecule has 0 heterocycles. The standard InChI is InChI=1S/C11H15N3O4/c1-12-11(15)5-6-13-9-7-8(18-2)3-4-10(9)14(16)17/h3-4,7,13H,5-6H2,1-2H3,(H,12,15). The van der Waals surface area contributed by atoms with Gasteiger partial charge in [-0.2, -0.15) is 0 Å². The largest absolute Gasteiger partial charge is 0.497 e. The molecule has 0 aliphatic heterocycles. The fraction of sp³-hybridized carbons (Fsp3) is 0.364. The van der Waals surface area contributed by atoms with Gasteiger partial charge in [0, 0.05) is 32.1 Å². The van der Waals surface area contributed by atoms with Gasteiger partial charge in [0.25, 0.3) is 5.69 Å². The molecule has 1 aromatic rings. The lowest BCUT2D eigenvalue weighted by Gasteiger charge is -2.08. The zero-order chi connectivity index (χ0) is 13.5. The van der Waals surface area contributed by atoms with Crippen LogP contribution in [0, 0.1) is 10.1 Å². The van der Waals surface area contributed by atoms with Crippen LogP contribution in [0.5, 0.6) is 5.75 Å². The van der Waals surface area contributed by atoms with Crippen molar-refractivity contribution < 1.29 is 14.5 Å². The van der Waals surface area contributed by atoms with Crippen molar-refractivity contribution in [2.75, 3.05) is 26.0 Å². The molecule has 1 amide bonds. The minimum atomic E-state index is -0.484. The highest BCUT2D eigenvalue weighted by Gasteiger charge is 2.14. The molecule has 0 saturated carbocycles. The van der Waals surface area contributed by atoms with E-state index in [2.05, 4.69) is 10.6 Å². The molecule has 0 bridgehead atoms. The minimum absolute atomic E-state index is 0.0484. The van der Waals surface area contributed by atoms with Crippen LogP contribution in [0.1, 0.15) is 6.42 Å². The second-order valence-corrected chi connectivity index (χ2v) is 3.49. The Morgan fingerprint density at radius 2 is 2.22 bits per heavy atom. The first kappa shape index (κ1) is 13.8. The summed E-state index contributed by atoms with van der Waals surface area (Å²) in [4.78, 5) is 21.4. The summed E-state index contributed by atoms with van der Waals surface area (Å²) in [5, 5.41) is 16.1. The van der Waals surface area contributed by atoms with E-state index in [-0.39, 0.29) is 18.0 Å². The summed E-state index contributed by atoms with van der Waals surface area (Å²) < 4.78 is 5.00. The second-order valence-electron chi connectivity index (χ2n) is 3.49. The number of nitro groups is 1. The number of methoxy groups -OCH3 is 1. The highest BCUT2D eigenvalue weighted by molar-refractivity contribution is 5.76. The smallest absolute Gasteiger partial charge is 0.292 e. The van der Waals surface area contributed by atoms with Crippen molar-refractivity contribution in [1.82, 2.24) is 5.32 Å². The number of anilines is 1. The first-order chi connectivity index (χ1) is 8.58. The van der Waals surface area contributed by atoms with Gasteiger partial charge in [0.2, 0.25) is 5.91 Å². The van der Waals surface area contributed by atoms with Gasteiger partial charge in [0.1, 0.15) is 11.4 Å². The number of carbonyl (C=O) groups excluding carboxylic acids is 1. The summed E-state index contributed by atoms with van der Waals surface area (Å²) in [6.45, 7) is 0.313. The molecule has 7 heteroatoms. The molecule has 7 nitrogen and oxygen atoms in total. The lowest BCUT2D eigenvalue weighted by atomic mass is 10.2. The van der Waals surface area contributed by atoms with E-state index in [0.717, 1.165) is 0 Å². The van der Waals surface area contributed by atoms with Crippen LogP contribution in [0.15, 0.2) is 18.2 Å². The number of amides is 1. The van der Waals surface area contributed by atoms with Gasteiger partial charge in [-0.3, -0.25) is 14.9 Å². The second kappa shape index (κ2) is 6.43. The highest BCUT2D eigenvalue weighted by atomic mass is 16.6. The lowest BCUT2D eigenvalue weighted by molar-refractivity contribution is -0.384. The molecular weight excluding hydrogens is 238 g/mol.